The van der Waals surface area contributed by atoms with Crippen molar-refractivity contribution >= 4 is 6.09 Å². The Labute approximate surface area is 138 Å². The smallest absolute Gasteiger partial charge is 0.407 e. The number of methoxy groups -OCH3 is 2. The molecule has 1 aromatic rings. The Morgan fingerprint density at radius 1 is 1.04 bits per heavy atom. The monoisotopic (exact) mass is 324 g/mol. The minimum Gasteiger partial charge on any atom is -0.444 e. The van der Waals surface area contributed by atoms with Gasteiger partial charge in [0.15, 0.2) is 6.29 Å². The van der Waals surface area contributed by atoms with Gasteiger partial charge in [-0.15, -0.1) is 0 Å². The van der Waals surface area contributed by atoms with E-state index in [9.17, 15) is 4.79 Å². The van der Waals surface area contributed by atoms with Gasteiger partial charge in [0.05, 0.1) is 0 Å². The maximum Gasteiger partial charge on any atom is 0.407 e. The van der Waals surface area contributed by atoms with Gasteiger partial charge < -0.3 is 24.8 Å². The molecular weight excluding hydrogens is 296 g/mol. The minimum absolute atomic E-state index is 0.243. The molecule has 1 rings (SSSR count). The van der Waals surface area contributed by atoms with Crippen molar-refractivity contribution in [2.75, 3.05) is 20.8 Å². The van der Waals surface area contributed by atoms with Crippen LogP contribution in [0.15, 0.2) is 24.3 Å². The highest BCUT2D eigenvalue weighted by Gasteiger charge is 2.15. The first-order valence-corrected chi connectivity index (χ1v) is 7.65. The molecule has 1 amide bonds. The third kappa shape index (κ3) is 8.54. The lowest BCUT2D eigenvalue weighted by molar-refractivity contribution is -0.0989. The molecule has 6 nitrogen and oxygen atoms in total. The molecule has 0 radical (unpaired) electrons. The number of amides is 1. The van der Waals surface area contributed by atoms with Gasteiger partial charge in [-0.25, -0.2) is 4.79 Å². The third-order valence-electron chi connectivity index (χ3n) is 3.02. The summed E-state index contributed by atoms with van der Waals surface area (Å²) < 4.78 is 15.4. The summed E-state index contributed by atoms with van der Waals surface area (Å²) in [7, 11) is 3.23. The minimum atomic E-state index is -0.484. The molecule has 0 unspecified atom stereocenters. The molecule has 0 saturated carbocycles. The number of benzene rings is 1. The molecule has 0 aliphatic heterocycles. The summed E-state index contributed by atoms with van der Waals surface area (Å²) in [6, 6.07) is 8.01. The van der Waals surface area contributed by atoms with Crippen molar-refractivity contribution in [3.05, 3.63) is 35.4 Å². The van der Waals surface area contributed by atoms with Crippen molar-refractivity contribution in [3.8, 4) is 0 Å². The summed E-state index contributed by atoms with van der Waals surface area (Å²) in [4.78, 5) is 11.6. The Morgan fingerprint density at radius 3 is 2.04 bits per heavy atom. The van der Waals surface area contributed by atoms with Crippen LogP contribution in [0.3, 0.4) is 0 Å². The van der Waals surface area contributed by atoms with Crippen LogP contribution in [0.5, 0.6) is 0 Å². The highest BCUT2D eigenvalue weighted by molar-refractivity contribution is 5.67. The topological polar surface area (TPSA) is 68.8 Å². The maximum atomic E-state index is 11.6. The molecular formula is C17H28N2O4. The second-order valence-corrected chi connectivity index (χ2v) is 6.20. The summed E-state index contributed by atoms with van der Waals surface area (Å²) >= 11 is 0. The number of carbonyl (C=O) groups excluding carboxylic acids is 1. The quantitative estimate of drug-likeness (QED) is 0.719. The van der Waals surface area contributed by atoms with Crippen LogP contribution < -0.4 is 10.6 Å². The van der Waals surface area contributed by atoms with E-state index < -0.39 is 11.7 Å². The average molecular weight is 324 g/mol. The van der Waals surface area contributed by atoms with E-state index >= 15 is 0 Å². The molecule has 0 saturated heterocycles. The van der Waals surface area contributed by atoms with Crippen LogP contribution in [0.4, 0.5) is 4.79 Å². The lowest BCUT2D eigenvalue weighted by atomic mass is 10.1. The van der Waals surface area contributed by atoms with E-state index in [4.69, 9.17) is 14.2 Å². The van der Waals surface area contributed by atoms with Gasteiger partial charge in [0.2, 0.25) is 0 Å². The molecule has 0 heterocycles. The zero-order valence-corrected chi connectivity index (χ0v) is 14.6. The van der Waals surface area contributed by atoms with Crippen molar-refractivity contribution in [2.24, 2.45) is 0 Å². The lowest BCUT2D eigenvalue weighted by Gasteiger charge is -2.19. The first-order valence-electron chi connectivity index (χ1n) is 7.65. The van der Waals surface area contributed by atoms with Gasteiger partial charge in [-0.3, -0.25) is 0 Å². The molecule has 0 aliphatic carbocycles. The van der Waals surface area contributed by atoms with E-state index in [0.717, 1.165) is 17.7 Å². The predicted molar refractivity (Wildman–Crippen MR) is 89.0 cm³/mol. The number of carbonyl (C=O) groups is 1. The molecule has 2 N–H and O–H groups in total. The molecule has 0 atom stereocenters. The molecule has 6 heteroatoms. The fraction of sp³-hybridized carbons (Fsp3) is 0.588. The van der Waals surface area contributed by atoms with Crippen LogP contribution in [0, 0.1) is 0 Å². The van der Waals surface area contributed by atoms with Crippen molar-refractivity contribution in [1.29, 1.82) is 0 Å². The van der Waals surface area contributed by atoms with Gasteiger partial charge in [-0.1, -0.05) is 24.3 Å². The third-order valence-corrected chi connectivity index (χ3v) is 3.02. The van der Waals surface area contributed by atoms with Gasteiger partial charge in [0.1, 0.15) is 5.60 Å². The van der Waals surface area contributed by atoms with Crippen molar-refractivity contribution in [1.82, 2.24) is 10.6 Å². The average Bonchev–Trinajstić information content (AvgIpc) is 2.49. The van der Waals surface area contributed by atoms with Gasteiger partial charge in [-0.05, 0) is 31.9 Å². The van der Waals surface area contributed by atoms with E-state index in [-0.39, 0.29) is 6.29 Å². The van der Waals surface area contributed by atoms with E-state index in [1.807, 2.05) is 45.0 Å². The van der Waals surface area contributed by atoms with Crippen LogP contribution in [-0.2, 0) is 27.3 Å². The number of ether oxygens (including phenoxy) is 3. The van der Waals surface area contributed by atoms with E-state index in [2.05, 4.69) is 10.6 Å². The molecule has 0 fully saturated rings. The van der Waals surface area contributed by atoms with Crippen molar-refractivity contribution in [3.63, 3.8) is 0 Å². The van der Waals surface area contributed by atoms with E-state index in [1.165, 1.54) is 0 Å². The van der Waals surface area contributed by atoms with Crippen molar-refractivity contribution in [2.45, 2.75) is 45.8 Å². The van der Waals surface area contributed by atoms with Crippen molar-refractivity contribution < 1.29 is 19.0 Å². The molecule has 0 spiro atoms. The number of nitrogens with one attached hydrogen (secondary N) is 2. The van der Waals surface area contributed by atoms with Crippen LogP contribution in [-0.4, -0.2) is 38.7 Å². The summed E-state index contributed by atoms with van der Waals surface area (Å²) in [5.74, 6) is 0. The molecule has 0 bridgehead atoms. The Balaban J connectivity index is 2.34. The SMILES string of the molecule is COC(CNCc1ccc(CNC(=O)OC(C)(C)C)cc1)OC. The number of alkyl carbamates (subject to hydrolysis) is 1. The molecule has 130 valence electrons. The van der Waals surface area contributed by atoms with E-state index in [0.29, 0.717) is 13.1 Å². The summed E-state index contributed by atoms with van der Waals surface area (Å²) in [5, 5.41) is 6.00. The molecule has 0 aliphatic rings. The highest BCUT2D eigenvalue weighted by Crippen LogP contribution is 2.08. The van der Waals surface area contributed by atoms with Crippen LogP contribution in [0.1, 0.15) is 31.9 Å². The second kappa shape index (κ2) is 9.50. The summed E-state index contributed by atoms with van der Waals surface area (Å²) in [6.07, 6.45) is -0.652. The summed E-state index contributed by atoms with van der Waals surface area (Å²) in [5.41, 5.74) is 1.69. The zero-order chi connectivity index (χ0) is 17.3. The molecule has 1 aromatic carbocycles. The van der Waals surface area contributed by atoms with Gasteiger partial charge in [-0.2, -0.15) is 0 Å². The van der Waals surface area contributed by atoms with Crippen LogP contribution in [0.25, 0.3) is 0 Å². The number of hydrogen-bond donors (Lipinski definition) is 2. The first kappa shape index (κ1) is 19.4. The van der Waals surface area contributed by atoms with Gasteiger partial charge in [0, 0.05) is 33.9 Å². The Bertz CT molecular complexity index is 464. The fourth-order valence-corrected chi connectivity index (χ4v) is 1.86. The van der Waals surface area contributed by atoms with Crippen LogP contribution >= 0.6 is 0 Å². The van der Waals surface area contributed by atoms with Gasteiger partial charge >= 0.3 is 6.09 Å². The normalized spacial score (nSPS) is 11.6. The molecule has 23 heavy (non-hydrogen) atoms. The predicted octanol–water partition coefficient (Wildman–Crippen LogP) is 2.42. The largest absolute Gasteiger partial charge is 0.444 e. The Hall–Kier alpha value is -1.63. The number of rotatable bonds is 8. The molecule has 0 aromatic heterocycles. The summed E-state index contributed by atoms with van der Waals surface area (Å²) in [6.45, 7) is 7.31. The lowest BCUT2D eigenvalue weighted by Crippen LogP contribution is -2.32. The number of hydrogen-bond acceptors (Lipinski definition) is 5. The standard InChI is InChI=1S/C17H28N2O4/c1-17(2,3)23-16(20)19-11-14-8-6-13(7-9-14)10-18-12-15(21-4)22-5/h6-9,15,18H,10-12H2,1-5H3,(H,19,20). The van der Waals surface area contributed by atoms with Crippen LogP contribution in [0.2, 0.25) is 0 Å². The van der Waals surface area contributed by atoms with E-state index in [1.54, 1.807) is 14.2 Å². The Kier molecular flexibility index (Phi) is 8.02. The zero-order valence-electron chi connectivity index (χ0n) is 14.6. The first-order chi connectivity index (χ1) is 10.8. The fourth-order valence-electron chi connectivity index (χ4n) is 1.86. The Morgan fingerprint density at radius 2 is 1.57 bits per heavy atom. The second-order valence-electron chi connectivity index (χ2n) is 6.20. The highest BCUT2D eigenvalue weighted by atomic mass is 16.7. The van der Waals surface area contributed by atoms with Gasteiger partial charge in [0.25, 0.3) is 0 Å². The maximum absolute atomic E-state index is 11.6.